The lowest BCUT2D eigenvalue weighted by Gasteiger charge is -2.09. The Morgan fingerprint density at radius 1 is 1.41 bits per heavy atom. The predicted octanol–water partition coefficient (Wildman–Crippen LogP) is 1.98. The maximum Gasteiger partial charge on any atom is 0.220 e. The molecule has 1 aromatic carbocycles. The van der Waals surface area contributed by atoms with Crippen LogP contribution in [0.3, 0.4) is 0 Å². The molecule has 4 heteroatoms. The van der Waals surface area contributed by atoms with Crippen LogP contribution in [0.15, 0.2) is 24.3 Å². The maximum absolute atomic E-state index is 11.5. The molecule has 0 aliphatic rings. The van der Waals surface area contributed by atoms with Gasteiger partial charge in [0.2, 0.25) is 5.91 Å². The predicted molar refractivity (Wildman–Crippen MR) is 71.0 cm³/mol. The number of amides is 1. The van der Waals surface area contributed by atoms with E-state index in [0.29, 0.717) is 19.5 Å². The van der Waals surface area contributed by atoms with E-state index in [4.69, 9.17) is 17.3 Å². The lowest BCUT2D eigenvalue weighted by atomic mass is 10.1. The molecule has 3 nitrogen and oxygen atoms in total. The molecule has 3 N–H and O–H groups in total. The molecule has 0 aromatic heterocycles. The molecule has 1 unspecified atom stereocenters. The van der Waals surface area contributed by atoms with Gasteiger partial charge < -0.3 is 11.1 Å². The zero-order valence-electron chi connectivity index (χ0n) is 10.1. The smallest absolute Gasteiger partial charge is 0.220 e. The third-order valence-corrected chi connectivity index (χ3v) is 2.84. The van der Waals surface area contributed by atoms with E-state index < -0.39 is 0 Å². The van der Waals surface area contributed by atoms with Crippen LogP contribution in [0.25, 0.3) is 0 Å². The molecule has 1 aromatic rings. The second kappa shape index (κ2) is 7.30. The van der Waals surface area contributed by atoms with Crippen molar-refractivity contribution in [3.8, 4) is 0 Å². The molecular weight excluding hydrogens is 236 g/mol. The summed E-state index contributed by atoms with van der Waals surface area (Å²) in [5.74, 6) is 0.308. The Kier molecular flexibility index (Phi) is 6.01. The van der Waals surface area contributed by atoms with Gasteiger partial charge in [0, 0.05) is 18.0 Å². The van der Waals surface area contributed by atoms with E-state index in [9.17, 15) is 4.79 Å². The van der Waals surface area contributed by atoms with Crippen LogP contribution < -0.4 is 11.1 Å². The number of nitrogens with two attached hydrogens (primary N) is 1. The summed E-state index contributed by atoms with van der Waals surface area (Å²) in [7, 11) is 0. The van der Waals surface area contributed by atoms with Crippen molar-refractivity contribution in [3.05, 3.63) is 34.9 Å². The molecule has 1 atom stereocenters. The molecular formula is C13H19ClN2O. The van der Waals surface area contributed by atoms with Gasteiger partial charge in [-0.1, -0.05) is 30.7 Å². The molecule has 0 aliphatic heterocycles. The van der Waals surface area contributed by atoms with Crippen LogP contribution in [-0.4, -0.2) is 19.0 Å². The second-order valence-corrected chi connectivity index (χ2v) is 4.71. The Balaban J connectivity index is 2.23. The molecule has 0 aliphatic carbocycles. The highest BCUT2D eigenvalue weighted by atomic mass is 35.5. The first-order valence-corrected chi connectivity index (χ1v) is 6.21. The van der Waals surface area contributed by atoms with Gasteiger partial charge in [0.1, 0.15) is 0 Å². The second-order valence-electron chi connectivity index (χ2n) is 4.27. The van der Waals surface area contributed by atoms with E-state index in [2.05, 4.69) is 5.32 Å². The van der Waals surface area contributed by atoms with Crippen LogP contribution in [0.1, 0.15) is 18.9 Å². The lowest BCUT2D eigenvalue weighted by molar-refractivity contribution is -0.121. The number of carbonyl (C=O) groups is 1. The van der Waals surface area contributed by atoms with Gasteiger partial charge in [0.05, 0.1) is 0 Å². The third kappa shape index (κ3) is 5.71. The highest BCUT2D eigenvalue weighted by molar-refractivity contribution is 6.30. The summed E-state index contributed by atoms with van der Waals surface area (Å²) in [4.78, 5) is 11.5. The number of hydrogen-bond acceptors (Lipinski definition) is 2. The maximum atomic E-state index is 11.5. The summed E-state index contributed by atoms with van der Waals surface area (Å²) in [5, 5.41) is 3.61. The number of rotatable bonds is 6. The Morgan fingerprint density at radius 2 is 2.06 bits per heavy atom. The van der Waals surface area contributed by atoms with Crippen LogP contribution in [0.4, 0.5) is 0 Å². The normalized spacial score (nSPS) is 12.2. The minimum atomic E-state index is 0.0666. The standard InChI is InChI=1S/C13H19ClN2O/c1-10(9-15)8-13(17)16-7-6-11-2-4-12(14)5-3-11/h2-5,10H,6-9,15H2,1H3,(H,16,17). The average Bonchev–Trinajstić information content (AvgIpc) is 2.31. The van der Waals surface area contributed by atoms with Gasteiger partial charge in [-0.3, -0.25) is 4.79 Å². The molecule has 1 rings (SSSR count). The van der Waals surface area contributed by atoms with Crippen molar-refractivity contribution in [2.24, 2.45) is 11.7 Å². The Labute approximate surface area is 107 Å². The molecule has 0 radical (unpaired) electrons. The zero-order chi connectivity index (χ0) is 12.7. The summed E-state index contributed by atoms with van der Waals surface area (Å²) in [5.41, 5.74) is 6.63. The third-order valence-electron chi connectivity index (χ3n) is 2.59. The van der Waals surface area contributed by atoms with Gasteiger partial charge >= 0.3 is 0 Å². The molecule has 1 amide bonds. The van der Waals surface area contributed by atoms with Crippen LogP contribution in [0.5, 0.6) is 0 Å². The number of benzene rings is 1. The van der Waals surface area contributed by atoms with Crippen LogP contribution >= 0.6 is 11.6 Å². The number of halogens is 1. The SMILES string of the molecule is CC(CN)CC(=O)NCCc1ccc(Cl)cc1. The lowest BCUT2D eigenvalue weighted by Crippen LogP contribution is -2.28. The highest BCUT2D eigenvalue weighted by Gasteiger charge is 2.06. The first-order valence-electron chi connectivity index (χ1n) is 5.83. The van der Waals surface area contributed by atoms with E-state index in [1.54, 1.807) is 0 Å². The largest absolute Gasteiger partial charge is 0.356 e. The Morgan fingerprint density at radius 3 is 2.65 bits per heavy atom. The quantitative estimate of drug-likeness (QED) is 0.816. The van der Waals surface area contributed by atoms with Crippen molar-refractivity contribution in [3.63, 3.8) is 0 Å². The molecule has 94 valence electrons. The van der Waals surface area contributed by atoms with E-state index >= 15 is 0 Å². The van der Waals surface area contributed by atoms with Crippen molar-refractivity contribution in [1.82, 2.24) is 5.32 Å². The molecule has 17 heavy (non-hydrogen) atoms. The fraction of sp³-hybridized carbons (Fsp3) is 0.462. The molecule has 0 saturated carbocycles. The van der Waals surface area contributed by atoms with Crippen molar-refractivity contribution >= 4 is 17.5 Å². The van der Waals surface area contributed by atoms with Gasteiger partial charge in [-0.25, -0.2) is 0 Å². The number of hydrogen-bond donors (Lipinski definition) is 2. The van der Waals surface area contributed by atoms with Gasteiger partial charge in [0.15, 0.2) is 0 Å². The van der Waals surface area contributed by atoms with Crippen molar-refractivity contribution < 1.29 is 4.79 Å². The number of nitrogens with one attached hydrogen (secondary N) is 1. The van der Waals surface area contributed by atoms with E-state index in [1.165, 1.54) is 5.56 Å². The molecule has 0 saturated heterocycles. The molecule has 0 spiro atoms. The molecule has 0 bridgehead atoms. The summed E-state index contributed by atoms with van der Waals surface area (Å²) in [6.45, 7) is 3.17. The van der Waals surface area contributed by atoms with Gasteiger partial charge in [-0.05, 0) is 36.6 Å². The van der Waals surface area contributed by atoms with E-state index in [-0.39, 0.29) is 11.8 Å². The summed E-state index contributed by atoms with van der Waals surface area (Å²) >= 11 is 5.79. The van der Waals surface area contributed by atoms with Crippen molar-refractivity contribution in [2.75, 3.05) is 13.1 Å². The van der Waals surface area contributed by atoms with Gasteiger partial charge in [-0.15, -0.1) is 0 Å². The first kappa shape index (κ1) is 14.0. The summed E-state index contributed by atoms with van der Waals surface area (Å²) in [6.07, 6.45) is 1.32. The fourth-order valence-corrected chi connectivity index (χ4v) is 1.60. The molecule has 0 heterocycles. The monoisotopic (exact) mass is 254 g/mol. The van der Waals surface area contributed by atoms with Gasteiger partial charge in [-0.2, -0.15) is 0 Å². The number of carbonyl (C=O) groups excluding carboxylic acids is 1. The summed E-state index contributed by atoms with van der Waals surface area (Å²) in [6, 6.07) is 7.65. The molecule has 0 fully saturated rings. The average molecular weight is 255 g/mol. The first-order chi connectivity index (χ1) is 8.11. The van der Waals surface area contributed by atoms with Crippen LogP contribution in [-0.2, 0) is 11.2 Å². The summed E-state index contributed by atoms with van der Waals surface area (Å²) < 4.78 is 0. The van der Waals surface area contributed by atoms with E-state index in [0.717, 1.165) is 11.4 Å². The van der Waals surface area contributed by atoms with E-state index in [1.807, 2.05) is 31.2 Å². The van der Waals surface area contributed by atoms with Crippen molar-refractivity contribution in [1.29, 1.82) is 0 Å². The minimum absolute atomic E-state index is 0.0666. The Hall–Kier alpha value is -1.06. The fourth-order valence-electron chi connectivity index (χ4n) is 1.47. The van der Waals surface area contributed by atoms with Gasteiger partial charge in [0.25, 0.3) is 0 Å². The van der Waals surface area contributed by atoms with Crippen LogP contribution in [0, 0.1) is 5.92 Å². The Bertz CT molecular complexity index is 351. The topological polar surface area (TPSA) is 55.1 Å². The zero-order valence-corrected chi connectivity index (χ0v) is 10.8. The highest BCUT2D eigenvalue weighted by Crippen LogP contribution is 2.09. The van der Waals surface area contributed by atoms with Crippen molar-refractivity contribution in [2.45, 2.75) is 19.8 Å². The minimum Gasteiger partial charge on any atom is -0.356 e. The van der Waals surface area contributed by atoms with Crippen LogP contribution in [0.2, 0.25) is 5.02 Å².